The van der Waals surface area contributed by atoms with E-state index in [0.29, 0.717) is 10.0 Å². The van der Waals surface area contributed by atoms with E-state index >= 15 is 0 Å². The Hall–Kier alpha value is -2.59. The van der Waals surface area contributed by atoms with E-state index in [1.807, 2.05) is 43.0 Å². The lowest BCUT2D eigenvalue weighted by atomic mass is 9.76. The van der Waals surface area contributed by atoms with Crippen LogP contribution in [0.15, 0.2) is 91.5 Å². The zero-order valence-electron chi connectivity index (χ0n) is 17.8. The standard InChI is InChI=1S/C27H25Cl2N3/c28-25-11-7-23(8-12-25)27(32-18-15-30-20-32,24-9-13-26(29)14-10-24)22-5-3-21(4-6-22)19-31-16-1-2-17-31/h3-15,18,20H,1-2,16-17,19H2. The van der Waals surface area contributed by atoms with Crippen molar-refractivity contribution >= 4 is 23.2 Å². The lowest BCUT2D eigenvalue weighted by Crippen LogP contribution is -2.37. The van der Waals surface area contributed by atoms with Crippen LogP contribution in [0, 0.1) is 0 Å². The predicted octanol–water partition coefficient (Wildman–Crippen LogP) is 6.63. The first-order valence-corrected chi connectivity index (χ1v) is 11.7. The summed E-state index contributed by atoms with van der Waals surface area (Å²) in [5, 5.41) is 1.43. The second kappa shape index (κ2) is 9.11. The number of rotatable bonds is 6. The van der Waals surface area contributed by atoms with Gasteiger partial charge < -0.3 is 4.57 Å². The first-order valence-electron chi connectivity index (χ1n) is 11.0. The van der Waals surface area contributed by atoms with Gasteiger partial charge in [0, 0.05) is 29.0 Å². The molecule has 0 bridgehead atoms. The van der Waals surface area contributed by atoms with Crippen molar-refractivity contribution in [2.45, 2.75) is 24.9 Å². The lowest BCUT2D eigenvalue weighted by Gasteiger charge is -2.37. The Labute approximate surface area is 199 Å². The summed E-state index contributed by atoms with van der Waals surface area (Å²) in [4.78, 5) is 6.91. The average molecular weight is 462 g/mol. The quantitative estimate of drug-likeness (QED) is 0.300. The molecule has 1 fully saturated rings. The number of halogens is 2. The summed E-state index contributed by atoms with van der Waals surface area (Å²) >= 11 is 12.5. The summed E-state index contributed by atoms with van der Waals surface area (Å²) in [5.41, 5.74) is 4.11. The van der Waals surface area contributed by atoms with E-state index in [1.165, 1.54) is 31.5 Å². The molecule has 5 heteroatoms. The molecule has 5 rings (SSSR count). The molecular weight excluding hydrogens is 437 g/mol. The molecule has 0 amide bonds. The Balaban J connectivity index is 1.68. The zero-order chi connectivity index (χ0) is 22.0. The number of hydrogen-bond donors (Lipinski definition) is 0. The molecule has 0 aliphatic carbocycles. The first-order chi connectivity index (χ1) is 15.7. The van der Waals surface area contributed by atoms with Crippen molar-refractivity contribution in [1.82, 2.24) is 14.5 Å². The summed E-state index contributed by atoms with van der Waals surface area (Å²) < 4.78 is 2.16. The number of hydrogen-bond acceptors (Lipinski definition) is 2. The number of likely N-dealkylation sites (tertiary alicyclic amines) is 1. The minimum atomic E-state index is -0.599. The molecule has 1 aliphatic rings. The van der Waals surface area contributed by atoms with Crippen LogP contribution >= 0.6 is 23.2 Å². The fraction of sp³-hybridized carbons (Fsp3) is 0.222. The lowest BCUT2D eigenvalue weighted by molar-refractivity contribution is 0.331. The smallest absolute Gasteiger partial charge is 0.121 e. The van der Waals surface area contributed by atoms with E-state index in [4.69, 9.17) is 23.2 Å². The highest BCUT2D eigenvalue weighted by Crippen LogP contribution is 2.41. The highest BCUT2D eigenvalue weighted by atomic mass is 35.5. The fourth-order valence-electron chi connectivity index (χ4n) is 4.84. The van der Waals surface area contributed by atoms with E-state index in [1.54, 1.807) is 0 Å². The van der Waals surface area contributed by atoms with Gasteiger partial charge >= 0.3 is 0 Å². The van der Waals surface area contributed by atoms with Crippen LogP contribution in [-0.2, 0) is 12.1 Å². The van der Waals surface area contributed by atoms with Gasteiger partial charge in [-0.05, 0) is 72.5 Å². The van der Waals surface area contributed by atoms with E-state index in [9.17, 15) is 0 Å². The average Bonchev–Trinajstić information content (AvgIpc) is 3.53. The van der Waals surface area contributed by atoms with Crippen molar-refractivity contribution in [3.8, 4) is 0 Å². The normalized spacial score (nSPS) is 14.7. The fourth-order valence-corrected chi connectivity index (χ4v) is 5.09. The summed E-state index contributed by atoms with van der Waals surface area (Å²) in [6, 6.07) is 25.1. The van der Waals surface area contributed by atoms with Crippen LogP contribution in [0.2, 0.25) is 10.0 Å². The molecule has 4 aromatic rings. The maximum Gasteiger partial charge on any atom is 0.121 e. The Morgan fingerprint density at radius 2 is 1.22 bits per heavy atom. The first kappa shape index (κ1) is 21.3. The largest absolute Gasteiger partial charge is 0.319 e. The molecule has 0 unspecified atom stereocenters. The van der Waals surface area contributed by atoms with E-state index < -0.39 is 5.54 Å². The van der Waals surface area contributed by atoms with Crippen LogP contribution in [0.5, 0.6) is 0 Å². The minimum Gasteiger partial charge on any atom is -0.319 e. The van der Waals surface area contributed by atoms with Crippen LogP contribution in [0.4, 0.5) is 0 Å². The summed E-state index contributed by atoms with van der Waals surface area (Å²) in [6.45, 7) is 3.38. The van der Waals surface area contributed by atoms with Gasteiger partial charge in [0.2, 0.25) is 0 Å². The Bertz CT molecular complexity index is 1100. The molecule has 1 aliphatic heterocycles. The third kappa shape index (κ3) is 3.97. The van der Waals surface area contributed by atoms with Gasteiger partial charge in [-0.1, -0.05) is 71.7 Å². The van der Waals surface area contributed by atoms with Gasteiger partial charge in [0.05, 0.1) is 6.33 Å². The van der Waals surface area contributed by atoms with Crippen molar-refractivity contribution in [2.24, 2.45) is 0 Å². The molecule has 3 nitrogen and oxygen atoms in total. The van der Waals surface area contributed by atoms with Gasteiger partial charge in [-0.2, -0.15) is 0 Å². The Kier molecular flexibility index (Phi) is 6.05. The van der Waals surface area contributed by atoms with Crippen molar-refractivity contribution in [3.63, 3.8) is 0 Å². The maximum absolute atomic E-state index is 6.26. The van der Waals surface area contributed by atoms with Gasteiger partial charge in [0.1, 0.15) is 5.54 Å². The minimum absolute atomic E-state index is 0.599. The van der Waals surface area contributed by atoms with Crippen molar-refractivity contribution < 1.29 is 0 Å². The Morgan fingerprint density at radius 1 is 0.719 bits per heavy atom. The third-order valence-electron chi connectivity index (χ3n) is 6.39. The summed E-state index contributed by atoms with van der Waals surface area (Å²) in [6.07, 6.45) is 8.31. The molecule has 2 heterocycles. The van der Waals surface area contributed by atoms with Gasteiger partial charge in [0.15, 0.2) is 0 Å². The zero-order valence-corrected chi connectivity index (χ0v) is 19.3. The van der Waals surface area contributed by atoms with Gasteiger partial charge in [-0.3, -0.25) is 4.90 Å². The second-order valence-corrected chi connectivity index (χ2v) is 9.25. The summed E-state index contributed by atoms with van der Waals surface area (Å²) in [7, 11) is 0. The van der Waals surface area contributed by atoms with Gasteiger partial charge in [-0.25, -0.2) is 4.98 Å². The highest BCUT2D eigenvalue weighted by Gasteiger charge is 2.38. The molecular formula is C27H25Cl2N3. The van der Waals surface area contributed by atoms with Crippen LogP contribution in [0.3, 0.4) is 0 Å². The van der Waals surface area contributed by atoms with Gasteiger partial charge in [-0.15, -0.1) is 0 Å². The van der Waals surface area contributed by atoms with Crippen LogP contribution in [0.1, 0.15) is 35.1 Å². The van der Waals surface area contributed by atoms with Crippen LogP contribution in [0.25, 0.3) is 0 Å². The molecule has 3 aromatic carbocycles. The molecule has 32 heavy (non-hydrogen) atoms. The molecule has 0 spiro atoms. The van der Waals surface area contributed by atoms with Gasteiger partial charge in [0.25, 0.3) is 0 Å². The molecule has 0 N–H and O–H groups in total. The number of aromatic nitrogens is 2. The van der Waals surface area contributed by atoms with E-state index in [0.717, 1.165) is 23.2 Å². The summed E-state index contributed by atoms with van der Waals surface area (Å²) in [5.74, 6) is 0. The highest BCUT2D eigenvalue weighted by molar-refractivity contribution is 6.30. The maximum atomic E-state index is 6.26. The molecule has 1 aromatic heterocycles. The van der Waals surface area contributed by atoms with Crippen LogP contribution in [-0.4, -0.2) is 27.5 Å². The molecule has 162 valence electrons. The van der Waals surface area contributed by atoms with Crippen molar-refractivity contribution in [3.05, 3.63) is 124 Å². The van der Waals surface area contributed by atoms with E-state index in [2.05, 4.69) is 63.0 Å². The molecule has 0 atom stereocenters. The molecule has 1 saturated heterocycles. The monoisotopic (exact) mass is 461 g/mol. The Morgan fingerprint density at radius 3 is 1.69 bits per heavy atom. The van der Waals surface area contributed by atoms with Crippen molar-refractivity contribution in [1.29, 1.82) is 0 Å². The molecule has 0 saturated carbocycles. The SMILES string of the molecule is Clc1ccc(C(c2ccc(Cl)cc2)(c2ccc(CN3CCCC3)cc2)n2ccnc2)cc1. The van der Waals surface area contributed by atoms with Crippen LogP contribution < -0.4 is 0 Å². The number of nitrogens with zero attached hydrogens (tertiary/aromatic N) is 3. The third-order valence-corrected chi connectivity index (χ3v) is 6.90. The predicted molar refractivity (Wildman–Crippen MR) is 131 cm³/mol. The van der Waals surface area contributed by atoms with Crippen molar-refractivity contribution in [2.75, 3.05) is 13.1 Å². The second-order valence-electron chi connectivity index (χ2n) is 8.37. The topological polar surface area (TPSA) is 21.1 Å². The molecule has 0 radical (unpaired) electrons. The number of imidazole rings is 1. The van der Waals surface area contributed by atoms with E-state index in [-0.39, 0.29) is 0 Å². The number of benzene rings is 3.